The lowest BCUT2D eigenvalue weighted by Gasteiger charge is -2.36. The predicted molar refractivity (Wildman–Crippen MR) is 572 cm³/mol. The van der Waals surface area contributed by atoms with Crippen LogP contribution in [-0.4, -0.2) is 180 Å². The van der Waals surface area contributed by atoms with Crippen LogP contribution in [-0.2, 0) is 28.4 Å². The van der Waals surface area contributed by atoms with Gasteiger partial charge in [0.1, 0.15) is 90.3 Å². The van der Waals surface area contributed by atoms with E-state index in [1.54, 1.807) is 65.5 Å². The number of halogens is 7. The summed E-state index contributed by atoms with van der Waals surface area (Å²) in [4.78, 5) is 82.6. The molecule has 0 aliphatic carbocycles. The van der Waals surface area contributed by atoms with Crippen molar-refractivity contribution in [3.8, 4) is 91.0 Å². The molecule has 0 saturated carbocycles. The van der Waals surface area contributed by atoms with Crippen molar-refractivity contribution in [2.45, 2.75) is 145 Å². The van der Waals surface area contributed by atoms with Gasteiger partial charge in [0.05, 0.1) is 45.7 Å². The molecule has 0 atom stereocenters. The molecule has 5 saturated heterocycles. The van der Waals surface area contributed by atoms with E-state index in [9.17, 15) is 36.7 Å². The van der Waals surface area contributed by atoms with Crippen LogP contribution in [0.15, 0.2) is 267 Å². The molecular weight excluding hydrogens is 1910 g/mol. The normalized spacial score (nSPS) is 14.8. The van der Waals surface area contributed by atoms with E-state index in [1.807, 2.05) is 206 Å². The van der Waals surface area contributed by atoms with Gasteiger partial charge in [-0.1, -0.05) is 75.1 Å². The van der Waals surface area contributed by atoms with Crippen molar-refractivity contribution in [3.63, 3.8) is 0 Å². The number of benzene rings is 8. The third-order valence-electron chi connectivity index (χ3n) is 24.1. The lowest BCUT2D eigenvalue weighted by Crippen LogP contribution is -2.50. The number of piperidine rings is 1. The minimum Gasteiger partial charge on any atom is -0.457 e. The molecule has 760 valence electrons. The summed E-state index contributed by atoms with van der Waals surface area (Å²) in [5.41, 5.74) is 10.9. The van der Waals surface area contributed by atoms with Crippen LogP contribution in [0.3, 0.4) is 0 Å². The van der Waals surface area contributed by atoms with Gasteiger partial charge in [-0.05, 0) is 342 Å². The topological polar surface area (TPSA) is 219 Å². The molecule has 5 aliphatic heterocycles. The SMILES string of the molecule is C=CB1OC(C)(C)C(C)(C)O1.C=Cc1cc(N2CCN(C(=O)CC(C)C)CC2)cc(-c2ccc(Oc3ccc(F)cc3)cc2)n1.CC(C)(C)OC(=O)N1CCN(c2cc(Cl)nc(-c3ccc(Oc4ccc(F)cc4)cc3)c2)CC1.CC(C)CC(=O)N1CCN(c2cc(Cl)nc(-c3ccc(Oc4ccc(F)cc4)cc3)c2)CC1.CC(C)N=C=O.Fc1ccc(Oc2ccc(-c3cc(N4CCCCC4)cc(Cl)n3)cc2)cc1. The molecule has 5 aliphatic rings. The Hall–Kier alpha value is -13.6. The molecule has 0 N–H and O–H groups in total. The Morgan fingerprint density at radius 2 is 0.662 bits per heavy atom. The number of pyridine rings is 4. The zero-order valence-electron chi connectivity index (χ0n) is 84.4. The van der Waals surface area contributed by atoms with Gasteiger partial charge in [-0.2, -0.15) is 0 Å². The summed E-state index contributed by atoms with van der Waals surface area (Å²) in [6.07, 6.45) is 7.81. The largest absolute Gasteiger partial charge is 0.486 e. The molecular formula is C114H126BCl3F4N12O11. The molecule has 12 aromatic rings. The first-order valence-electron chi connectivity index (χ1n) is 48.7. The van der Waals surface area contributed by atoms with Crippen LogP contribution < -0.4 is 38.5 Å². The number of piperazine rings is 3. The molecule has 23 nitrogen and oxygen atoms in total. The first-order chi connectivity index (χ1) is 69.3. The number of ether oxygens (including phenoxy) is 5. The first kappa shape index (κ1) is 110. The number of hydrogen-bond acceptors (Lipinski definition) is 20. The van der Waals surface area contributed by atoms with Crippen molar-refractivity contribution in [3.05, 3.63) is 306 Å². The van der Waals surface area contributed by atoms with Gasteiger partial charge in [0.2, 0.25) is 17.9 Å². The average Bonchev–Trinajstić information content (AvgIpc) is 1.67. The number of carbonyl (C=O) groups is 3. The number of carbonyl (C=O) groups excluding carboxylic acids is 4. The van der Waals surface area contributed by atoms with Crippen LogP contribution in [0.25, 0.3) is 51.1 Å². The molecule has 3 amide bonds. The maximum Gasteiger partial charge on any atom is 0.486 e. The second kappa shape index (κ2) is 52.3. The van der Waals surface area contributed by atoms with Gasteiger partial charge in [-0.25, -0.2) is 52.1 Å². The smallest absolute Gasteiger partial charge is 0.457 e. The summed E-state index contributed by atoms with van der Waals surface area (Å²) in [5.74, 6) is 6.61. The van der Waals surface area contributed by atoms with E-state index in [2.05, 4.69) is 92.5 Å². The van der Waals surface area contributed by atoms with Crippen LogP contribution in [0, 0.1) is 35.1 Å². The molecule has 4 aromatic heterocycles. The summed E-state index contributed by atoms with van der Waals surface area (Å²) in [7, 11) is -0.250. The Kier molecular flexibility index (Phi) is 39.7. The van der Waals surface area contributed by atoms with Crippen LogP contribution in [0.1, 0.15) is 128 Å². The summed E-state index contributed by atoms with van der Waals surface area (Å²) in [5, 5.41) is 1.32. The van der Waals surface area contributed by atoms with Crippen molar-refractivity contribution in [1.29, 1.82) is 0 Å². The standard InChI is InChI=1S/C28H30FN3O2.C26H27ClFN3O3.C26H27ClFN3O2.C22H20ClFN2O.C8H15BO2.C4H7NO/c1-4-23-18-24(31-13-15-32(16-14-31)28(33)17-20(2)3)19-27(30-23)21-5-9-25(10-6-21)34-26-11-7-22(29)8-12-26;1-26(2,3)34-25(32)31-14-12-30(13-15-31)20-16-23(29-24(27)17-20)18-4-8-21(9-5-18)33-22-10-6-19(28)7-11-22;1-18(2)15-26(32)31-13-11-30(12-14-31)21-16-24(29-25(27)17-21)19-3-7-22(8-4-19)33-23-9-5-20(28)6-10-23;23-22-15-18(26-12-2-1-3-13-26)14-21(25-22)16-4-8-19(9-5-16)27-20-10-6-17(24)7-11-20;1-6-9-10-7(2,3)8(4,5)11-9;1-4(2)5-3-6/h4-12,18-20H,1,13-17H2,2-3H3;4-11,16-17H,12-15H2,1-3H3;3-10,16-18H,11-15H2,1-2H3;4-11,14-15H,1-3,12-13H2;6H,1H2,2-5H3;4H,1-2H3. The summed E-state index contributed by atoms with van der Waals surface area (Å²) >= 11 is 19.0. The monoisotopic (exact) mass is 2030 g/mol. The first-order valence-corrected chi connectivity index (χ1v) is 49.8. The third-order valence-corrected chi connectivity index (χ3v) is 24.7. The van der Waals surface area contributed by atoms with Crippen molar-refractivity contribution < 1.29 is 69.7 Å². The van der Waals surface area contributed by atoms with Gasteiger partial charge in [-0.3, -0.25) is 9.59 Å². The van der Waals surface area contributed by atoms with Crippen LogP contribution in [0.5, 0.6) is 46.0 Å². The van der Waals surface area contributed by atoms with Gasteiger partial charge in [0.25, 0.3) is 0 Å². The Labute approximate surface area is 863 Å². The van der Waals surface area contributed by atoms with Gasteiger partial charge in [0, 0.05) is 149 Å². The van der Waals surface area contributed by atoms with Gasteiger partial charge in [-0.15, -0.1) is 6.58 Å². The molecule has 8 aromatic carbocycles. The highest BCUT2D eigenvalue weighted by Crippen LogP contribution is 2.40. The van der Waals surface area contributed by atoms with Gasteiger partial charge < -0.3 is 67.3 Å². The average molecular weight is 2030 g/mol. The Bertz CT molecular complexity index is 6290. The molecule has 0 radical (unpaired) electrons. The number of rotatable bonds is 23. The Morgan fingerprint density at radius 3 is 0.903 bits per heavy atom. The highest BCUT2D eigenvalue weighted by molar-refractivity contribution is 6.51. The number of aliphatic imine (C=N–C) groups is 1. The van der Waals surface area contributed by atoms with Crippen molar-refractivity contribution >= 4 is 94.7 Å². The maximum absolute atomic E-state index is 13.1. The van der Waals surface area contributed by atoms with E-state index in [0.717, 1.165) is 126 Å². The molecule has 0 unspecified atom stereocenters. The Balaban J connectivity index is 0.000000163. The number of isocyanates is 1. The van der Waals surface area contributed by atoms with E-state index < -0.39 is 5.60 Å². The molecule has 17 rings (SSSR count). The number of aromatic nitrogens is 4. The van der Waals surface area contributed by atoms with Gasteiger partial charge in [0.15, 0.2) is 0 Å². The third kappa shape index (κ3) is 34.0. The number of anilines is 4. The van der Waals surface area contributed by atoms with E-state index >= 15 is 0 Å². The molecule has 145 heavy (non-hydrogen) atoms. The molecule has 0 spiro atoms. The molecule has 9 heterocycles. The summed E-state index contributed by atoms with van der Waals surface area (Å²) in [6.45, 7) is 43.7. The maximum atomic E-state index is 13.1. The van der Waals surface area contributed by atoms with Crippen molar-refractivity contribution in [2.24, 2.45) is 16.8 Å². The van der Waals surface area contributed by atoms with Crippen LogP contribution in [0.4, 0.5) is 45.1 Å². The minimum absolute atomic E-state index is 0.0995. The zero-order valence-corrected chi connectivity index (χ0v) is 86.7. The highest BCUT2D eigenvalue weighted by Gasteiger charge is 2.50. The molecule has 31 heteroatoms. The zero-order chi connectivity index (χ0) is 104. The molecule has 0 bridgehead atoms. The van der Waals surface area contributed by atoms with E-state index in [0.29, 0.717) is 125 Å². The fourth-order valence-corrected chi connectivity index (χ4v) is 16.5. The summed E-state index contributed by atoms with van der Waals surface area (Å²) in [6, 6.07) is 70.0. The van der Waals surface area contributed by atoms with E-state index in [4.69, 9.17) is 72.8 Å². The quantitative estimate of drug-likeness (QED) is 0.0191. The Morgan fingerprint density at radius 1 is 0.400 bits per heavy atom. The number of nitrogens with zero attached hydrogens (tertiary/aromatic N) is 12. The van der Waals surface area contributed by atoms with Crippen LogP contribution >= 0.6 is 34.8 Å². The van der Waals surface area contributed by atoms with E-state index in [-0.39, 0.29) is 65.5 Å². The number of hydrogen-bond donors (Lipinski definition) is 0. The minimum atomic E-state index is -0.513. The second-order valence-corrected chi connectivity index (χ2v) is 39.5. The lowest BCUT2D eigenvalue weighted by molar-refractivity contribution is -0.133. The number of amides is 3. The van der Waals surface area contributed by atoms with E-state index in [1.165, 1.54) is 73.9 Å². The fraction of sp³-hybridized carbons (Fsp3) is 0.333. The lowest BCUT2D eigenvalue weighted by atomic mass is 9.90. The fourth-order valence-electron chi connectivity index (χ4n) is 15.8. The van der Waals surface area contributed by atoms with Gasteiger partial charge >= 0.3 is 13.2 Å². The summed E-state index contributed by atoms with van der Waals surface area (Å²) < 4.78 is 91.9. The van der Waals surface area contributed by atoms with Crippen molar-refractivity contribution in [2.75, 3.05) is 111 Å². The second-order valence-electron chi connectivity index (χ2n) is 38.4. The predicted octanol–water partition coefficient (Wildman–Crippen LogP) is 27.3. The molecule has 5 fully saturated rings. The van der Waals surface area contributed by atoms with Crippen molar-refractivity contribution in [1.82, 2.24) is 34.6 Å². The highest BCUT2D eigenvalue weighted by atomic mass is 35.5. The van der Waals surface area contributed by atoms with Crippen LogP contribution in [0.2, 0.25) is 15.5 Å².